The molecule has 0 fully saturated rings. The van der Waals surface area contributed by atoms with Crippen molar-refractivity contribution in [2.24, 2.45) is 0 Å². The molecular weight excluding hydrogens is 783 g/mol. The van der Waals surface area contributed by atoms with E-state index in [-0.39, 0.29) is 5.92 Å². The Bertz CT molecular complexity index is 3380. The molecule has 2 unspecified atom stereocenters. The van der Waals surface area contributed by atoms with Crippen LogP contribution in [0, 0.1) is 6.92 Å². The molecule has 9 aromatic rings. The summed E-state index contributed by atoms with van der Waals surface area (Å²) in [5.74, 6) is 2.67. The molecule has 2 aliphatic rings. The van der Waals surface area contributed by atoms with Crippen LogP contribution < -0.4 is 4.74 Å². The topological polar surface area (TPSA) is 14.2 Å². The van der Waals surface area contributed by atoms with E-state index in [0.717, 1.165) is 37.2 Å². The molecule has 308 valence electrons. The molecule has 0 saturated carbocycles. The summed E-state index contributed by atoms with van der Waals surface area (Å²) in [6, 6.07) is 54.5. The quantitative estimate of drug-likeness (QED) is 0.125. The zero-order chi connectivity index (χ0) is 42.6. The Morgan fingerprint density at radius 3 is 2.38 bits per heavy atom. The Hall–Kier alpha value is -6.68. The third-order valence-corrected chi connectivity index (χ3v) is 14.8. The molecule has 2 aromatic heterocycles. The molecule has 2 atom stereocenters. The van der Waals surface area contributed by atoms with Gasteiger partial charge in [0.05, 0.1) is 11.0 Å². The number of allylic oxidation sites excluding steroid dienone is 8. The van der Waals surface area contributed by atoms with E-state index in [4.69, 9.17) is 4.74 Å². The molecule has 1 aliphatic carbocycles. The van der Waals surface area contributed by atoms with Crippen molar-refractivity contribution in [3.05, 3.63) is 210 Å². The van der Waals surface area contributed by atoms with Crippen molar-refractivity contribution in [1.82, 2.24) is 4.57 Å². The Balaban J connectivity index is 0.987. The zero-order valence-corrected chi connectivity index (χ0v) is 37.3. The molecule has 7 aromatic carbocycles. The lowest BCUT2D eigenvalue weighted by Gasteiger charge is -2.22. The van der Waals surface area contributed by atoms with Gasteiger partial charge in [-0.3, -0.25) is 0 Å². The number of aryl methyl sites for hydroxylation is 1. The van der Waals surface area contributed by atoms with Crippen LogP contribution in [0.1, 0.15) is 79.7 Å². The van der Waals surface area contributed by atoms with Crippen LogP contribution in [0.4, 0.5) is 0 Å². The highest BCUT2D eigenvalue weighted by Crippen LogP contribution is 2.50. The SMILES string of the molecule is CC/C=C\C=C(/C)n1c2ccccc2c2cc(-c3ccc(C)c(-c4ccccc4CC(CC)c4cc(C5=C6Oc7ccccc7C6CC=C5)c5sc6ccccc6c5c4)c3)ccc21. The van der Waals surface area contributed by atoms with E-state index in [9.17, 15) is 0 Å². The summed E-state index contributed by atoms with van der Waals surface area (Å²) in [5.41, 5.74) is 16.6. The molecule has 11 rings (SSSR count). The monoisotopic (exact) mass is 833 g/mol. The average Bonchev–Trinajstić information content (AvgIpc) is 4.00. The first-order valence-electron chi connectivity index (χ1n) is 22.7. The molecule has 0 radical (unpaired) electrons. The van der Waals surface area contributed by atoms with Gasteiger partial charge in [-0.25, -0.2) is 0 Å². The molecule has 1 aliphatic heterocycles. The number of aromatic nitrogens is 1. The largest absolute Gasteiger partial charge is 0.460 e. The maximum atomic E-state index is 6.73. The van der Waals surface area contributed by atoms with E-state index >= 15 is 0 Å². The van der Waals surface area contributed by atoms with Crippen molar-refractivity contribution < 1.29 is 4.74 Å². The number of ether oxygens (including phenoxy) is 1. The Labute approximate surface area is 374 Å². The van der Waals surface area contributed by atoms with E-state index in [1.165, 1.54) is 103 Å². The van der Waals surface area contributed by atoms with Gasteiger partial charge in [-0.15, -0.1) is 11.3 Å². The summed E-state index contributed by atoms with van der Waals surface area (Å²) in [6.45, 7) is 9.00. The fraction of sp³-hybridized carbons (Fsp3) is 0.167. The second-order valence-electron chi connectivity index (χ2n) is 17.4. The van der Waals surface area contributed by atoms with Gasteiger partial charge >= 0.3 is 0 Å². The smallest absolute Gasteiger partial charge is 0.130 e. The fourth-order valence-electron chi connectivity index (χ4n) is 10.3. The van der Waals surface area contributed by atoms with E-state index < -0.39 is 0 Å². The average molecular weight is 834 g/mol. The predicted octanol–water partition coefficient (Wildman–Crippen LogP) is 17.2. The first-order chi connectivity index (χ1) is 31.0. The zero-order valence-electron chi connectivity index (χ0n) is 36.5. The van der Waals surface area contributed by atoms with Gasteiger partial charge in [-0.1, -0.05) is 135 Å². The summed E-state index contributed by atoms with van der Waals surface area (Å²) in [5, 5.41) is 5.23. The summed E-state index contributed by atoms with van der Waals surface area (Å²) in [6.07, 6.45) is 15.3. The minimum absolute atomic E-state index is 0.253. The lowest BCUT2D eigenvalue weighted by molar-refractivity contribution is 0.429. The van der Waals surface area contributed by atoms with Gasteiger partial charge in [0.15, 0.2) is 0 Å². The highest BCUT2D eigenvalue weighted by Gasteiger charge is 2.34. The lowest BCUT2D eigenvalue weighted by Crippen LogP contribution is -2.07. The van der Waals surface area contributed by atoms with Gasteiger partial charge in [0.25, 0.3) is 0 Å². The van der Waals surface area contributed by atoms with Crippen molar-refractivity contribution in [3.63, 3.8) is 0 Å². The maximum Gasteiger partial charge on any atom is 0.130 e. The summed E-state index contributed by atoms with van der Waals surface area (Å²) in [4.78, 5) is 0. The molecule has 0 saturated heterocycles. The number of hydrogen-bond donors (Lipinski definition) is 0. The molecule has 0 spiro atoms. The van der Waals surface area contributed by atoms with Crippen LogP contribution in [0.15, 0.2) is 182 Å². The number of benzene rings is 7. The van der Waals surface area contributed by atoms with Crippen LogP contribution in [0.3, 0.4) is 0 Å². The van der Waals surface area contributed by atoms with Crippen LogP contribution >= 0.6 is 11.3 Å². The lowest BCUT2D eigenvalue weighted by atomic mass is 9.82. The number of fused-ring (bicyclic) bond motifs is 9. The van der Waals surface area contributed by atoms with E-state index in [0.29, 0.717) is 5.92 Å². The van der Waals surface area contributed by atoms with Gasteiger partial charge < -0.3 is 9.30 Å². The van der Waals surface area contributed by atoms with Crippen molar-refractivity contribution in [3.8, 4) is 28.0 Å². The number of para-hydroxylation sites is 2. The molecule has 3 heterocycles. The normalized spacial score (nSPS) is 15.6. The van der Waals surface area contributed by atoms with E-state index in [1.807, 2.05) is 11.3 Å². The summed E-state index contributed by atoms with van der Waals surface area (Å²) < 4.78 is 11.8. The fourth-order valence-corrected chi connectivity index (χ4v) is 11.6. The van der Waals surface area contributed by atoms with Crippen molar-refractivity contribution in [2.45, 2.75) is 65.2 Å². The number of hydrogen-bond acceptors (Lipinski definition) is 2. The minimum atomic E-state index is 0.253. The van der Waals surface area contributed by atoms with Crippen molar-refractivity contribution >= 4 is 64.6 Å². The van der Waals surface area contributed by atoms with Crippen LogP contribution in [-0.4, -0.2) is 4.57 Å². The van der Waals surface area contributed by atoms with Crippen molar-refractivity contribution in [1.29, 1.82) is 0 Å². The molecule has 63 heavy (non-hydrogen) atoms. The van der Waals surface area contributed by atoms with E-state index in [1.54, 1.807) is 0 Å². The molecular formula is C60H51NOS. The van der Waals surface area contributed by atoms with Crippen LogP contribution in [-0.2, 0) is 6.42 Å². The van der Waals surface area contributed by atoms with Gasteiger partial charge in [0.1, 0.15) is 11.5 Å². The third-order valence-electron chi connectivity index (χ3n) is 13.6. The Morgan fingerprint density at radius 1 is 0.730 bits per heavy atom. The third kappa shape index (κ3) is 6.78. The molecule has 0 amide bonds. The highest BCUT2D eigenvalue weighted by molar-refractivity contribution is 7.26. The first-order valence-corrected chi connectivity index (χ1v) is 23.5. The summed E-state index contributed by atoms with van der Waals surface area (Å²) in [7, 11) is 0. The second kappa shape index (κ2) is 16.2. The molecule has 0 bridgehead atoms. The summed E-state index contributed by atoms with van der Waals surface area (Å²) >= 11 is 1.91. The van der Waals surface area contributed by atoms with Crippen LogP contribution in [0.5, 0.6) is 5.75 Å². The Kier molecular flexibility index (Phi) is 10.1. The van der Waals surface area contributed by atoms with Gasteiger partial charge in [-0.05, 0) is 139 Å². The van der Waals surface area contributed by atoms with Gasteiger partial charge in [0.2, 0.25) is 0 Å². The second-order valence-corrected chi connectivity index (χ2v) is 18.4. The Morgan fingerprint density at radius 2 is 1.49 bits per heavy atom. The van der Waals surface area contributed by atoms with Crippen LogP contribution in [0.2, 0.25) is 0 Å². The first kappa shape index (κ1) is 39.2. The van der Waals surface area contributed by atoms with Gasteiger partial charge in [-0.2, -0.15) is 0 Å². The molecule has 0 N–H and O–H groups in total. The standard InChI is InChI=1S/C60H51NOS/c1-5-7-8-18-39(4)61-55-26-14-11-21-46(55)52-35-42(31-32-56(52)61)41-30-29-38(3)51(34-41)45-20-10-9-19-43(45)33-40(6-2)44-36-53-48-23-13-16-28-58(48)63-60(53)54(37-44)50-25-17-24-49-47-22-12-15-27-57(47)62-59(49)50/h7-23,25-32,34-37,40,49H,5-6,24,33H2,1-4H3/b8-7-,39-18+. The number of thiophene rings is 1. The number of rotatable bonds is 10. The molecule has 3 heteroatoms. The molecule has 2 nitrogen and oxygen atoms in total. The van der Waals surface area contributed by atoms with Gasteiger partial charge in [0, 0.05) is 59.3 Å². The van der Waals surface area contributed by atoms with Crippen LogP contribution in [0.25, 0.3) is 75.5 Å². The number of nitrogens with zero attached hydrogens (tertiary/aromatic N) is 1. The van der Waals surface area contributed by atoms with E-state index in [2.05, 4.69) is 208 Å². The van der Waals surface area contributed by atoms with Crippen molar-refractivity contribution in [2.75, 3.05) is 0 Å². The minimum Gasteiger partial charge on any atom is -0.460 e. The highest BCUT2D eigenvalue weighted by atomic mass is 32.1. The maximum absolute atomic E-state index is 6.73. The predicted molar refractivity (Wildman–Crippen MR) is 271 cm³/mol.